The Morgan fingerprint density at radius 1 is 1.00 bits per heavy atom. The molecule has 3 rings (SSSR count). The fourth-order valence-electron chi connectivity index (χ4n) is 2.74. The van der Waals surface area contributed by atoms with Crippen LogP contribution in [0.5, 0.6) is 0 Å². The molecule has 1 heterocycles. The number of hydrogen-bond acceptors (Lipinski definition) is 4. The normalized spacial score (nSPS) is 13.8. The van der Waals surface area contributed by atoms with Gasteiger partial charge in [0.1, 0.15) is 0 Å². The van der Waals surface area contributed by atoms with Gasteiger partial charge in [0.25, 0.3) is 0 Å². The van der Waals surface area contributed by atoms with E-state index >= 15 is 0 Å². The Kier molecular flexibility index (Phi) is 4.93. The van der Waals surface area contributed by atoms with Crippen LogP contribution < -0.4 is 4.90 Å². The molecule has 0 bridgehead atoms. The van der Waals surface area contributed by atoms with E-state index in [-0.39, 0.29) is 18.3 Å². The number of hydrogen-bond donors (Lipinski definition) is 0. The van der Waals surface area contributed by atoms with Gasteiger partial charge in [0.05, 0.1) is 5.56 Å². The highest BCUT2D eigenvalue weighted by molar-refractivity contribution is 6.00. The Bertz CT molecular complexity index is 793. The number of benzene rings is 2. The molecule has 1 amide bonds. The Hall–Kier alpha value is -2.95. The van der Waals surface area contributed by atoms with E-state index in [0.29, 0.717) is 24.1 Å². The van der Waals surface area contributed by atoms with Crippen LogP contribution in [0.4, 0.5) is 5.69 Å². The summed E-state index contributed by atoms with van der Waals surface area (Å²) < 4.78 is 5.08. The molecule has 0 N–H and O–H groups in total. The number of Topliss-reactive ketones (excluding diaryl/α,β-unsaturated/α-hetero) is 1. The van der Waals surface area contributed by atoms with Crippen LogP contribution in [-0.4, -0.2) is 30.8 Å². The van der Waals surface area contributed by atoms with Crippen molar-refractivity contribution in [2.45, 2.75) is 19.8 Å². The molecule has 1 fully saturated rings. The fourth-order valence-corrected chi connectivity index (χ4v) is 2.74. The third-order valence-corrected chi connectivity index (χ3v) is 4.20. The lowest BCUT2D eigenvalue weighted by atomic mass is 10.1. The largest absolute Gasteiger partial charge is 0.454 e. The summed E-state index contributed by atoms with van der Waals surface area (Å²) in [5, 5.41) is 0. The number of rotatable bonds is 5. The summed E-state index contributed by atoms with van der Waals surface area (Å²) in [5.74, 6) is -0.696. The topological polar surface area (TPSA) is 63.7 Å². The first-order valence-corrected chi connectivity index (χ1v) is 8.22. The second kappa shape index (κ2) is 7.30. The van der Waals surface area contributed by atoms with Gasteiger partial charge in [0.2, 0.25) is 5.91 Å². The van der Waals surface area contributed by atoms with Crippen LogP contribution in [-0.2, 0) is 9.53 Å². The highest BCUT2D eigenvalue weighted by Gasteiger charge is 2.21. The Morgan fingerprint density at radius 3 is 2.24 bits per heavy atom. The highest BCUT2D eigenvalue weighted by Crippen LogP contribution is 2.21. The molecule has 0 aromatic heterocycles. The molecule has 0 spiro atoms. The standard InChI is InChI=1S/C20H19NO4/c1-14-4-6-16(7-5-14)20(24)25-13-18(22)15-8-10-17(11-9-15)21-12-2-3-19(21)23/h4-11H,2-3,12-13H2,1H3. The molecule has 0 atom stereocenters. The summed E-state index contributed by atoms with van der Waals surface area (Å²) in [4.78, 5) is 37.6. The van der Waals surface area contributed by atoms with Crippen molar-refractivity contribution in [2.75, 3.05) is 18.1 Å². The van der Waals surface area contributed by atoms with Crippen LogP contribution in [0.25, 0.3) is 0 Å². The van der Waals surface area contributed by atoms with Crippen molar-refractivity contribution < 1.29 is 19.1 Å². The average Bonchev–Trinajstić information content (AvgIpc) is 3.06. The van der Waals surface area contributed by atoms with E-state index < -0.39 is 5.97 Å². The molecule has 1 saturated heterocycles. The van der Waals surface area contributed by atoms with E-state index in [1.54, 1.807) is 41.3 Å². The summed E-state index contributed by atoms with van der Waals surface area (Å²) in [6.45, 7) is 2.33. The molecule has 1 aliphatic heterocycles. The van der Waals surface area contributed by atoms with E-state index in [9.17, 15) is 14.4 Å². The first-order valence-electron chi connectivity index (χ1n) is 8.22. The van der Waals surface area contributed by atoms with Crippen LogP contribution in [0.15, 0.2) is 48.5 Å². The number of anilines is 1. The number of esters is 1. The maximum Gasteiger partial charge on any atom is 0.338 e. The second-order valence-electron chi connectivity index (χ2n) is 6.06. The SMILES string of the molecule is Cc1ccc(C(=O)OCC(=O)c2ccc(N3CCCC3=O)cc2)cc1. The summed E-state index contributed by atoms with van der Waals surface area (Å²) in [7, 11) is 0. The van der Waals surface area contributed by atoms with Crippen molar-refractivity contribution in [1.29, 1.82) is 0 Å². The molecular weight excluding hydrogens is 318 g/mol. The number of aryl methyl sites for hydroxylation is 1. The van der Waals surface area contributed by atoms with Crippen molar-refractivity contribution >= 4 is 23.3 Å². The fraction of sp³-hybridized carbons (Fsp3) is 0.250. The van der Waals surface area contributed by atoms with Crippen LogP contribution in [0.3, 0.4) is 0 Å². The van der Waals surface area contributed by atoms with Gasteiger partial charge in [-0.05, 0) is 49.7 Å². The minimum absolute atomic E-state index is 0.103. The third-order valence-electron chi connectivity index (χ3n) is 4.20. The van der Waals surface area contributed by atoms with Crippen molar-refractivity contribution in [3.63, 3.8) is 0 Å². The Labute approximate surface area is 146 Å². The number of ether oxygens (including phenoxy) is 1. The van der Waals surface area contributed by atoms with Crippen molar-refractivity contribution in [2.24, 2.45) is 0 Å². The molecule has 0 unspecified atom stereocenters. The number of nitrogens with zero attached hydrogens (tertiary/aromatic N) is 1. The third kappa shape index (κ3) is 3.94. The summed E-state index contributed by atoms with van der Waals surface area (Å²) in [6, 6.07) is 13.8. The summed E-state index contributed by atoms with van der Waals surface area (Å²) in [6.07, 6.45) is 1.42. The van der Waals surface area contributed by atoms with E-state index in [1.165, 1.54) is 0 Å². The molecule has 25 heavy (non-hydrogen) atoms. The monoisotopic (exact) mass is 337 g/mol. The van der Waals surface area contributed by atoms with Gasteiger partial charge in [0.15, 0.2) is 12.4 Å². The zero-order chi connectivity index (χ0) is 17.8. The van der Waals surface area contributed by atoms with Gasteiger partial charge in [-0.15, -0.1) is 0 Å². The lowest BCUT2D eigenvalue weighted by molar-refractivity contribution is -0.117. The minimum atomic E-state index is -0.521. The average molecular weight is 337 g/mol. The number of carbonyl (C=O) groups excluding carboxylic acids is 3. The maximum absolute atomic E-state index is 12.2. The van der Waals surface area contributed by atoms with Gasteiger partial charge < -0.3 is 9.64 Å². The lowest BCUT2D eigenvalue weighted by Crippen LogP contribution is -2.23. The molecule has 2 aromatic rings. The summed E-state index contributed by atoms with van der Waals surface area (Å²) >= 11 is 0. The molecular formula is C20H19NO4. The molecule has 5 heteroatoms. The van der Waals surface area contributed by atoms with E-state index in [4.69, 9.17) is 4.74 Å². The Morgan fingerprint density at radius 2 is 1.64 bits per heavy atom. The predicted octanol–water partition coefficient (Wildman–Crippen LogP) is 3.16. The number of amides is 1. The van der Waals surface area contributed by atoms with E-state index in [2.05, 4.69) is 0 Å². The minimum Gasteiger partial charge on any atom is -0.454 e. The Balaban J connectivity index is 1.58. The zero-order valence-corrected chi connectivity index (χ0v) is 14.0. The second-order valence-corrected chi connectivity index (χ2v) is 6.06. The van der Waals surface area contributed by atoms with E-state index in [0.717, 1.165) is 17.7 Å². The van der Waals surface area contributed by atoms with Crippen molar-refractivity contribution in [3.8, 4) is 0 Å². The van der Waals surface area contributed by atoms with Crippen LogP contribution >= 0.6 is 0 Å². The van der Waals surface area contributed by atoms with Crippen LogP contribution in [0.1, 0.15) is 39.1 Å². The predicted molar refractivity (Wildman–Crippen MR) is 93.8 cm³/mol. The van der Waals surface area contributed by atoms with Gasteiger partial charge in [-0.1, -0.05) is 17.7 Å². The molecule has 0 aliphatic carbocycles. The quantitative estimate of drug-likeness (QED) is 0.621. The first kappa shape index (κ1) is 16.9. The molecule has 5 nitrogen and oxygen atoms in total. The molecule has 2 aromatic carbocycles. The first-order chi connectivity index (χ1) is 12.0. The van der Waals surface area contributed by atoms with Gasteiger partial charge in [0, 0.05) is 24.2 Å². The maximum atomic E-state index is 12.2. The number of ketones is 1. The molecule has 1 aliphatic rings. The van der Waals surface area contributed by atoms with Crippen molar-refractivity contribution in [1.82, 2.24) is 0 Å². The van der Waals surface area contributed by atoms with E-state index in [1.807, 2.05) is 19.1 Å². The number of carbonyl (C=O) groups is 3. The lowest BCUT2D eigenvalue weighted by Gasteiger charge is -2.15. The van der Waals surface area contributed by atoms with Gasteiger partial charge in [-0.3, -0.25) is 9.59 Å². The smallest absolute Gasteiger partial charge is 0.338 e. The zero-order valence-electron chi connectivity index (χ0n) is 14.0. The van der Waals surface area contributed by atoms with Gasteiger partial charge in [-0.25, -0.2) is 4.79 Å². The van der Waals surface area contributed by atoms with Crippen LogP contribution in [0.2, 0.25) is 0 Å². The molecule has 0 radical (unpaired) electrons. The summed E-state index contributed by atoms with van der Waals surface area (Å²) in [5.41, 5.74) is 2.70. The molecule has 0 saturated carbocycles. The van der Waals surface area contributed by atoms with Gasteiger partial charge >= 0.3 is 5.97 Å². The molecule has 128 valence electrons. The van der Waals surface area contributed by atoms with Crippen LogP contribution in [0, 0.1) is 6.92 Å². The van der Waals surface area contributed by atoms with Gasteiger partial charge in [-0.2, -0.15) is 0 Å². The highest BCUT2D eigenvalue weighted by atomic mass is 16.5. The van der Waals surface area contributed by atoms with Crippen molar-refractivity contribution in [3.05, 3.63) is 65.2 Å².